The Morgan fingerprint density at radius 3 is 1.40 bits per heavy atom. The monoisotopic (exact) mass is 801 g/mol. The van der Waals surface area contributed by atoms with Crippen molar-refractivity contribution in [3.05, 3.63) is 210 Å². The fourth-order valence-electron chi connectivity index (χ4n) is 8.30. The highest BCUT2D eigenvalue weighted by Crippen LogP contribution is 2.45. The van der Waals surface area contributed by atoms with Gasteiger partial charge in [-0.05, 0) is 101 Å². The maximum Gasteiger partial charge on any atom is 0.160 e. The lowest BCUT2D eigenvalue weighted by molar-refractivity contribution is 1.17. The fourth-order valence-corrected chi connectivity index (χ4v) is 8.30. The first-order valence-corrected chi connectivity index (χ1v) is 20.2. The number of benzene rings is 8. The Morgan fingerprint density at radius 1 is 0.333 bits per heavy atom. The Kier molecular flexibility index (Phi) is 9.60. The van der Waals surface area contributed by atoms with Gasteiger partial charge in [0.15, 0.2) is 5.82 Å². The van der Waals surface area contributed by atoms with E-state index in [1.54, 1.807) is 6.07 Å². The van der Waals surface area contributed by atoms with Crippen molar-refractivity contribution in [3.63, 3.8) is 0 Å². The Hall–Kier alpha value is -9.40. The summed E-state index contributed by atoms with van der Waals surface area (Å²) in [5.74, 6) is 0.594. The molecule has 8 aromatic carbocycles. The van der Waals surface area contributed by atoms with Crippen molar-refractivity contribution in [2.75, 3.05) is 0 Å². The number of aromatic nitrogens is 3. The second-order valence-corrected chi connectivity index (χ2v) is 15.1. The molecule has 0 saturated carbocycles. The highest BCUT2D eigenvalue weighted by atomic mass is 15.0. The topological polar surface area (TPSA) is 126 Å². The predicted molar refractivity (Wildman–Crippen MR) is 248 cm³/mol. The van der Waals surface area contributed by atoms with Crippen LogP contribution in [0.25, 0.3) is 94.8 Å². The first-order valence-electron chi connectivity index (χ1n) is 20.2. The van der Waals surface area contributed by atoms with Crippen LogP contribution in [0.4, 0.5) is 0 Å². The molecule has 0 aliphatic heterocycles. The molecule has 0 amide bonds. The van der Waals surface area contributed by atoms with Crippen molar-refractivity contribution in [2.45, 2.75) is 0 Å². The van der Waals surface area contributed by atoms with Gasteiger partial charge in [0.05, 0.1) is 74.6 Å². The van der Waals surface area contributed by atoms with Crippen LogP contribution in [0.3, 0.4) is 0 Å². The molecular weight excluding hydrogens is 771 g/mol. The maximum absolute atomic E-state index is 9.85. The molecule has 0 spiro atoms. The van der Waals surface area contributed by atoms with Gasteiger partial charge in [0.2, 0.25) is 0 Å². The summed E-state index contributed by atoms with van der Waals surface area (Å²) < 4.78 is 2.29. The molecule has 7 heteroatoms. The van der Waals surface area contributed by atoms with Gasteiger partial charge in [-0.25, -0.2) is 9.97 Å². The van der Waals surface area contributed by atoms with Gasteiger partial charge >= 0.3 is 0 Å². The smallest absolute Gasteiger partial charge is 0.160 e. The van der Waals surface area contributed by atoms with Crippen LogP contribution in [0.2, 0.25) is 0 Å². The Balaban J connectivity index is 1.31. The SMILES string of the molecule is N#Cc1ccc(-c2cc(-c3cc(-c4ccccc4)nc(-c4ccccc4)n3)cc(-c3ccc(C#N)cc3)c2-n2c3ccccc3c3cc(-c4cc(C#N)cc(C#N)c4)ccc32)cc1. The molecule has 7 nitrogen and oxygen atoms in total. The number of rotatable bonds is 7. The van der Waals surface area contributed by atoms with Crippen molar-refractivity contribution >= 4 is 21.8 Å². The van der Waals surface area contributed by atoms with Gasteiger partial charge in [-0.15, -0.1) is 0 Å². The van der Waals surface area contributed by atoms with Gasteiger partial charge in [0.1, 0.15) is 0 Å². The second-order valence-electron chi connectivity index (χ2n) is 15.1. The van der Waals surface area contributed by atoms with Crippen LogP contribution in [0.15, 0.2) is 188 Å². The highest BCUT2D eigenvalue weighted by Gasteiger charge is 2.23. The summed E-state index contributed by atoms with van der Waals surface area (Å²) in [5, 5.41) is 41.3. The molecule has 2 aromatic heterocycles. The third kappa shape index (κ3) is 7.01. The van der Waals surface area contributed by atoms with Gasteiger partial charge in [0, 0.05) is 38.6 Å². The van der Waals surface area contributed by atoms with Gasteiger partial charge in [0.25, 0.3) is 0 Å². The molecule has 63 heavy (non-hydrogen) atoms. The number of nitriles is 4. The van der Waals surface area contributed by atoms with Gasteiger partial charge in [-0.2, -0.15) is 21.0 Å². The Bertz CT molecular complexity index is 3410. The minimum Gasteiger partial charge on any atom is -0.308 e. The average Bonchev–Trinajstić information content (AvgIpc) is 3.69. The third-order valence-corrected chi connectivity index (χ3v) is 11.3. The zero-order valence-corrected chi connectivity index (χ0v) is 33.5. The summed E-state index contributed by atoms with van der Waals surface area (Å²) in [6, 6.07) is 70.4. The summed E-state index contributed by atoms with van der Waals surface area (Å²) in [5.41, 5.74) is 14.1. The van der Waals surface area contributed by atoms with E-state index in [4.69, 9.17) is 9.97 Å². The molecule has 0 bridgehead atoms. The summed E-state index contributed by atoms with van der Waals surface area (Å²) in [6.45, 7) is 0. The number of hydrogen-bond donors (Lipinski definition) is 0. The number of hydrogen-bond acceptors (Lipinski definition) is 6. The normalized spacial score (nSPS) is 10.8. The van der Waals surface area contributed by atoms with Crippen molar-refractivity contribution in [3.8, 4) is 97.2 Å². The molecule has 0 saturated heterocycles. The van der Waals surface area contributed by atoms with Crippen molar-refractivity contribution in [2.24, 2.45) is 0 Å². The van der Waals surface area contributed by atoms with Crippen molar-refractivity contribution in [1.82, 2.24) is 14.5 Å². The van der Waals surface area contributed by atoms with E-state index in [0.717, 1.165) is 89.0 Å². The van der Waals surface area contributed by atoms with Crippen molar-refractivity contribution < 1.29 is 0 Å². The van der Waals surface area contributed by atoms with Crippen LogP contribution in [-0.4, -0.2) is 14.5 Å². The van der Waals surface area contributed by atoms with E-state index in [1.807, 2.05) is 146 Å². The van der Waals surface area contributed by atoms with Gasteiger partial charge in [-0.1, -0.05) is 109 Å². The molecule has 0 atom stereocenters. The van der Waals surface area contributed by atoms with Crippen LogP contribution in [0, 0.1) is 45.3 Å². The fraction of sp³-hybridized carbons (Fsp3) is 0. The molecule has 0 N–H and O–H groups in total. The standard InChI is InChI=1S/C56H31N7/c57-32-36-15-19-40(20-16-36)48-29-46(52-31-51(42-9-3-1-4-10-42)61-56(62-52)43-11-5-2-6-12-43)30-49(41-21-17-37(33-58)18-22-41)55(48)63-53-14-8-7-13-47(53)50-28-44(23-24-54(50)63)45-26-38(34-59)25-39(27-45)35-60/h1-31H. The molecule has 0 unspecified atom stereocenters. The van der Waals surface area contributed by atoms with Crippen LogP contribution in [0.5, 0.6) is 0 Å². The minimum absolute atomic E-state index is 0.418. The lowest BCUT2D eigenvalue weighted by Gasteiger charge is -2.21. The van der Waals surface area contributed by atoms with E-state index in [2.05, 4.69) is 65.2 Å². The van der Waals surface area contributed by atoms with Crippen LogP contribution < -0.4 is 0 Å². The summed E-state index contributed by atoms with van der Waals surface area (Å²) >= 11 is 0. The molecule has 290 valence electrons. The van der Waals surface area contributed by atoms with E-state index < -0.39 is 0 Å². The van der Waals surface area contributed by atoms with E-state index in [1.165, 1.54) is 0 Å². The lowest BCUT2D eigenvalue weighted by Crippen LogP contribution is -2.03. The molecule has 10 rings (SSSR count). The van der Waals surface area contributed by atoms with Crippen LogP contribution in [-0.2, 0) is 0 Å². The lowest BCUT2D eigenvalue weighted by atomic mass is 9.91. The summed E-state index contributed by atoms with van der Waals surface area (Å²) in [4.78, 5) is 10.3. The quantitative estimate of drug-likeness (QED) is 0.158. The van der Waals surface area contributed by atoms with E-state index in [0.29, 0.717) is 28.1 Å². The first kappa shape index (κ1) is 37.8. The first-order chi connectivity index (χ1) is 31.0. The largest absolute Gasteiger partial charge is 0.308 e. The molecule has 0 fully saturated rings. The maximum atomic E-state index is 9.85. The molecule has 0 radical (unpaired) electrons. The molecular formula is C56H31N7. The molecule has 10 aromatic rings. The second kappa shape index (κ2) is 16.0. The van der Waals surface area contributed by atoms with Crippen LogP contribution >= 0.6 is 0 Å². The number of fused-ring (bicyclic) bond motifs is 3. The zero-order chi connectivity index (χ0) is 42.9. The van der Waals surface area contributed by atoms with Crippen molar-refractivity contribution in [1.29, 1.82) is 21.0 Å². The molecule has 0 aliphatic carbocycles. The third-order valence-electron chi connectivity index (χ3n) is 11.3. The van der Waals surface area contributed by atoms with Gasteiger partial charge < -0.3 is 4.57 Å². The summed E-state index contributed by atoms with van der Waals surface area (Å²) in [7, 11) is 0. The molecule has 2 heterocycles. The summed E-state index contributed by atoms with van der Waals surface area (Å²) in [6.07, 6.45) is 0. The van der Waals surface area contributed by atoms with Gasteiger partial charge in [-0.3, -0.25) is 0 Å². The van der Waals surface area contributed by atoms with E-state index >= 15 is 0 Å². The predicted octanol–water partition coefficient (Wildman–Crippen LogP) is 13.1. The Morgan fingerprint density at radius 2 is 0.825 bits per heavy atom. The number of nitrogens with zero attached hydrogens (tertiary/aromatic N) is 7. The van der Waals surface area contributed by atoms with E-state index in [9.17, 15) is 21.0 Å². The minimum atomic E-state index is 0.418. The Labute approximate surface area is 363 Å². The number of para-hydroxylation sites is 1. The highest BCUT2D eigenvalue weighted by molar-refractivity contribution is 6.12. The average molecular weight is 802 g/mol. The van der Waals surface area contributed by atoms with E-state index in [-0.39, 0.29) is 0 Å². The van der Waals surface area contributed by atoms with Crippen LogP contribution in [0.1, 0.15) is 22.3 Å². The zero-order valence-electron chi connectivity index (χ0n) is 33.5. The molecule has 0 aliphatic rings.